The minimum absolute atomic E-state index is 0. The molecule has 0 aromatic heterocycles. The van der Waals surface area contributed by atoms with Crippen molar-refractivity contribution in [2.45, 2.75) is 48.0 Å². The number of hydrogen-bond acceptors (Lipinski definition) is 2. The van der Waals surface area contributed by atoms with Crippen molar-refractivity contribution >= 4 is 34.6 Å². The van der Waals surface area contributed by atoms with Gasteiger partial charge in [-0.3, -0.25) is 9.59 Å². The molecule has 0 amide bonds. The summed E-state index contributed by atoms with van der Waals surface area (Å²) in [5, 5.41) is 0. The second kappa shape index (κ2) is 5.26. The molecule has 0 rings (SSSR count). The van der Waals surface area contributed by atoms with Crippen LogP contribution >= 0.6 is 0 Å². The van der Waals surface area contributed by atoms with Crippen molar-refractivity contribution in [3.63, 3.8) is 0 Å². The van der Waals surface area contributed by atoms with Crippen LogP contribution in [-0.4, -0.2) is 34.6 Å². The van der Waals surface area contributed by atoms with Gasteiger partial charge < -0.3 is 0 Å². The summed E-state index contributed by atoms with van der Waals surface area (Å²) in [6.45, 7) is 11.0. The number of carbonyl (C=O) groups excluding carboxylic acids is 2. The largest absolute Gasteiger partial charge is 0.299 e. The van der Waals surface area contributed by atoms with Crippen LogP contribution in [0.25, 0.3) is 0 Å². The first kappa shape index (κ1) is 16.5. The van der Waals surface area contributed by atoms with E-state index in [2.05, 4.69) is 0 Å². The molecule has 2 nitrogen and oxygen atoms in total. The van der Waals surface area contributed by atoms with Gasteiger partial charge in [-0.2, -0.15) is 0 Å². The van der Waals surface area contributed by atoms with Crippen LogP contribution in [0.2, 0.25) is 0 Å². The molecule has 0 aromatic rings. The van der Waals surface area contributed by atoms with Crippen LogP contribution in [0.15, 0.2) is 0 Å². The number of hydrogen-bond donors (Lipinski definition) is 0. The van der Waals surface area contributed by atoms with Crippen LogP contribution in [0.1, 0.15) is 48.0 Å². The molecule has 0 aliphatic rings. The summed E-state index contributed by atoms with van der Waals surface area (Å²) >= 11 is 0. The number of ketones is 2. The molecule has 0 atom stereocenters. The molecule has 0 saturated heterocycles. The molecule has 0 fully saturated rings. The van der Waals surface area contributed by atoms with Crippen molar-refractivity contribution in [1.29, 1.82) is 0 Å². The second-order valence-corrected chi connectivity index (χ2v) is 5.52. The van der Waals surface area contributed by atoms with Gasteiger partial charge in [-0.05, 0) is 0 Å². The van der Waals surface area contributed by atoms with E-state index in [1.165, 1.54) is 0 Å². The van der Waals surface area contributed by atoms with E-state index in [0.717, 1.165) is 0 Å². The molecule has 0 aliphatic carbocycles. The summed E-state index contributed by atoms with van der Waals surface area (Å²) in [7, 11) is 0. The van der Waals surface area contributed by atoms with E-state index >= 15 is 0 Å². The van der Waals surface area contributed by atoms with Crippen molar-refractivity contribution in [3.05, 3.63) is 0 Å². The maximum absolute atomic E-state index is 11.5. The van der Waals surface area contributed by atoms with Crippen molar-refractivity contribution in [2.24, 2.45) is 10.8 Å². The van der Waals surface area contributed by atoms with E-state index in [4.69, 9.17) is 0 Å². The van der Waals surface area contributed by atoms with Crippen LogP contribution < -0.4 is 0 Å². The molecule has 78 valence electrons. The fraction of sp³-hybridized carbons (Fsp3) is 0.818. The fourth-order valence-electron chi connectivity index (χ4n) is 0.676. The highest BCUT2D eigenvalue weighted by Gasteiger charge is 2.28. The van der Waals surface area contributed by atoms with E-state index in [1.54, 1.807) is 0 Å². The van der Waals surface area contributed by atoms with Gasteiger partial charge in [0.15, 0.2) is 0 Å². The van der Waals surface area contributed by atoms with Crippen LogP contribution in [0.5, 0.6) is 0 Å². The van der Waals surface area contributed by atoms with Gasteiger partial charge >= 0.3 is 0 Å². The highest BCUT2D eigenvalue weighted by molar-refractivity contribution is 6.03. The Morgan fingerprint density at radius 2 is 1.00 bits per heavy atom. The van der Waals surface area contributed by atoms with Gasteiger partial charge in [0.05, 0.1) is 6.42 Å². The normalized spacial score (nSPS) is 11.9. The Bertz CT molecular complexity index is 194. The Kier molecular flexibility index (Phi) is 6.21. The fourth-order valence-corrected chi connectivity index (χ4v) is 0.676. The van der Waals surface area contributed by atoms with Gasteiger partial charge in [-0.15, -0.1) is 0 Å². The lowest BCUT2D eigenvalue weighted by molar-refractivity contribution is -0.135. The molecule has 0 bridgehead atoms. The number of Topliss-reactive ketones (excluding diaryl/α,β-unsaturated/α-hetero) is 2. The van der Waals surface area contributed by atoms with Crippen LogP contribution in [0.4, 0.5) is 0 Å². The molecule has 0 unspecified atom stereocenters. The number of carbonyl (C=O) groups is 2. The third-order valence-corrected chi connectivity index (χ3v) is 1.99. The third-order valence-electron chi connectivity index (χ3n) is 1.99. The van der Waals surface area contributed by atoms with Gasteiger partial charge in [0.1, 0.15) is 11.6 Å². The zero-order valence-corrected chi connectivity index (χ0v) is 11.6. The zero-order valence-electron chi connectivity index (χ0n) is 10.2. The zero-order chi connectivity index (χ0) is 10.9. The summed E-state index contributed by atoms with van der Waals surface area (Å²) < 4.78 is 0. The molecule has 0 N–H and O–H groups in total. The SMILES string of the molecule is CC(C)(C)C(=O)CC(=O)C(C)(C)C.[Mg]. The first-order valence-corrected chi connectivity index (χ1v) is 4.62. The Labute approximate surface area is 103 Å². The summed E-state index contributed by atoms with van der Waals surface area (Å²) in [5.74, 6) is 0.0415. The molecule has 0 aliphatic heterocycles. The molecule has 14 heavy (non-hydrogen) atoms. The molecular weight excluding hydrogens is 188 g/mol. The minimum Gasteiger partial charge on any atom is -0.299 e. The highest BCUT2D eigenvalue weighted by Crippen LogP contribution is 2.22. The molecule has 0 saturated carbocycles. The topological polar surface area (TPSA) is 34.1 Å². The summed E-state index contributed by atoms with van der Waals surface area (Å²) in [6, 6.07) is 0. The predicted molar refractivity (Wildman–Crippen MR) is 59.3 cm³/mol. The molecular formula is C11H20MgO2. The second-order valence-electron chi connectivity index (χ2n) is 5.52. The monoisotopic (exact) mass is 208 g/mol. The van der Waals surface area contributed by atoms with E-state index in [-0.39, 0.29) is 41.0 Å². The first-order chi connectivity index (χ1) is 5.55. The Hall–Kier alpha value is 0.106. The maximum atomic E-state index is 11.5. The van der Waals surface area contributed by atoms with Gasteiger partial charge in [0, 0.05) is 33.9 Å². The van der Waals surface area contributed by atoms with E-state index in [0.29, 0.717) is 0 Å². The molecule has 3 heteroatoms. The van der Waals surface area contributed by atoms with Gasteiger partial charge in [-0.1, -0.05) is 41.5 Å². The van der Waals surface area contributed by atoms with E-state index in [9.17, 15) is 9.59 Å². The molecule has 0 spiro atoms. The van der Waals surface area contributed by atoms with Crippen LogP contribution in [0.3, 0.4) is 0 Å². The average molecular weight is 209 g/mol. The lowest BCUT2D eigenvalue weighted by Gasteiger charge is -2.20. The lowest BCUT2D eigenvalue weighted by Crippen LogP contribution is -2.28. The smallest absolute Gasteiger partial charge is 0.145 e. The quantitative estimate of drug-likeness (QED) is 0.515. The number of rotatable bonds is 2. The van der Waals surface area contributed by atoms with Crippen molar-refractivity contribution in [3.8, 4) is 0 Å². The van der Waals surface area contributed by atoms with Crippen molar-refractivity contribution in [1.82, 2.24) is 0 Å². The summed E-state index contributed by atoms with van der Waals surface area (Å²) in [4.78, 5) is 23.0. The van der Waals surface area contributed by atoms with Crippen molar-refractivity contribution < 1.29 is 9.59 Å². The molecule has 0 heterocycles. The minimum atomic E-state index is -0.402. The maximum Gasteiger partial charge on any atom is 0.145 e. The first-order valence-electron chi connectivity index (χ1n) is 4.62. The van der Waals surface area contributed by atoms with Crippen molar-refractivity contribution in [2.75, 3.05) is 0 Å². The predicted octanol–water partition coefficient (Wildman–Crippen LogP) is 2.23. The van der Waals surface area contributed by atoms with Gasteiger partial charge in [0.25, 0.3) is 0 Å². The Morgan fingerprint density at radius 3 is 1.14 bits per heavy atom. The lowest BCUT2D eigenvalue weighted by atomic mass is 9.82. The highest BCUT2D eigenvalue weighted by atomic mass is 24.3. The van der Waals surface area contributed by atoms with E-state index in [1.807, 2.05) is 41.5 Å². The summed E-state index contributed by atoms with van der Waals surface area (Å²) in [5.41, 5.74) is -0.804. The Balaban J connectivity index is 0. The third kappa shape index (κ3) is 5.76. The molecule has 2 radical (unpaired) electrons. The molecule has 0 aromatic carbocycles. The Morgan fingerprint density at radius 1 is 0.786 bits per heavy atom. The average Bonchev–Trinajstić information content (AvgIpc) is 1.82. The van der Waals surface area contributed by atoms with Crippen LogP contribution in [-0.2, 0) is 9.59 Å². The van der Waals surface area contributed by atoms with E-state index < -0.39 is 10.8 Å². The van der Waals surface area contributed by atoms with Crippen LogP contribution in [0, 0.1) is 10.8 Å². The summed E-state index contributed by atoms with van der Waals surface area (Å²) in [6.07, 6.45) is 0.0625. The van der Waals surface area contributed by atoms with Gasteiger partial charge in [-0.25, -0.2) is 0 Å². The standard InChI is InChI=1S/C11H20O2.Mg/c1-10(2,3)8(12)7-9(13)11(4,5)6;/h7H2,1-6H3;. The van der Waals surface area contributed by atoms with Gasteiger partial charge in [0.2, 0.25) is 0 Å².